The first-order valence-electron chi connectivity index (χ1n) is 17.5. The molecular weight excluding hydrogens is 746 g/mol. The van der Waals surface area contributed by atoms with E-state index in [1.165, 1.54) is 172 Å². The standard InChI is InChI=1S/4C8H17.CH3O.BrH.O.2Sn/c4*1-3-5-7-8-6-4-2;1-2;;;;/h4*1,3-8H2,2H3;1H3;1H;;;/q;;;;-1;;;2*+1/p-1. The first kappa shape index (κ1) is 40.0. The summed E-state index contributed by atoms with van der Waals surface area (Å²) in [7, 11) is 2.04. The summed E-state index contributed by atoms with van der Waals surface area (Å²) in [6, 6.07) is 0. The number of hydrogen-bond donors (Lipinski definition) is 0. The Labute approximate surface area is 257 Å². The average molecular weight is 817 g/mol. The molecule has 0 aromatic heterocycles. The van der Waals surface area contributed by atoms with Gasteiger partial charge in [0, 0.05) is 0 Å². The number of unbranched alkanes of at least 4 members (excludes halogenated alkanes) is 20. The Kier molecular flexibility index (Phi) is 30.6. The zero-order chi connectivity index (χ0) is 28.2. The van der Waals surface area contributed by atoms with Gasteiger partial charge in [0.05, 0.1) is 0 Å². The van der Waals surface area contributed by atoms with Crippen LogP contribution in [-0.2, 0) is 4.49 Å². The van der Waals surface area contributed by atoms with Gasteiger partial charge in [-0.1, -0.05) is 0 Å². The van der Waals surface area contributed by atoms with E-state index in [1.807, 2.05) is 7.11 Å². The Morgan fingerprint density at radius 3 is 0.947 bits per heavy atom. The van der Waals surface area contributed by atoms with Crippen molar-refractivity contribution in [2.24, 2.45) is 0 Å². The molecule has 0 fully saturated rings. The molecule has 0 rings (SSSR count). The minimum atomic E-state index is -3.08. The summed E-state index contributed by atoms with van der Waals surface area (Å²) in [5.74, 6) is 0. The van der Waals surface area contributed by atoms with Gasteiger partial charge in [0.15, 0.2) is 0 Å². The van der Waals surface area contributed by atoms with Gasteiger partial charge in [0.1, 0.15) is 0 Å². The van der Waals surface area contributed by atoms with Crippen molar-refractivity contribution in [3.05, 3.63) is 0 Å². The molecule has 0 aromatic rings. The molecule has 0 aliphatic heterocycles. The van der Waals surface area contributed by atoms with Crippen LogP contribution in [0.5, 0.6) is 0 Å². The van der Waals surface area contributed by atoms with Crippen LogP contribution in [0.25, 0.3) is 0 Å². The third-order valence-corrected chi connectivity index (χ3v) is 52.0. The van der Waals surface area contributed by atoms with Gasteiger partial charge in [0.2, 0.25) is 0 Å². The molecule has 0 bridgehead atoms. The monoisotopic (exact) mass is 818 g/mol. The van der Waals surface area contributed by atoms with Crippen LogP contribution >= 0.6 is 12.7 Å². The summed E-state index contributed by atoms with van der Waals surface area (Å²) in [4.78, 5) is 0. The summed E-state index contributed by atoms with van der Waals surface area (Å²) in [5, 5.41) is 0. The number of rotatable bonds is 31. The second-order valence-corrected chi connectivity index (χ2v) is 43.5. The first-order valence-corrected chi connectivity index (χ1v) is 35.4. The van der Waals surface area contributed by atoms with Crippen LogP contribution in [0.15, 0.2) is 0 Å². The molecule has 38 heavy (non-hydrogen) atoms. The fraction of sp³-hybridized carbons (Fsp3) is 1.00. The van der Waals surface area contributed by atoms with Crippen molar-refractivity contribution in [3.63, 3.8) is 0 Å². The SMILES string of the molecule is CCCCCCC[CH2][Sn]([Br])([CH2]CCCCCCC)[O][Sn]([CH2]CCCCCCC)([CH2]CCCCCCC)[O]C. The van der Waals surface area contributed by atoms with Crippen molar-refractivity contribution < 1.29 is 4.49 Å². The van der Waals surface area contributed by atoms with Crippen LogP contribution in [0.1, 0.15) is 182 Å². The van der Waals surface area contributed by atoms with Crippen molar-refractivity contribution in [1.29, 1.82) is 0 Å². The molecule has 0 saturated carbocycles. The normalized spacial score (nSPS) is 12.5. The number of halogens is 1. The molecule has 0 aliphatic rings. The fourth-order valence-corrected chi connectivity index (χ4v) is 59.8. The van der Waals surface area contributed by atoms with Gasteiger partial charge in [-0.3, -0.25) is 0 Å². The van der Waals surface area contributed by atoms with E-state index >= 15 is 0 Å². The molecule has 0 aromatic carbocycles. The van der Waals surface area contributed by atoms with Crippen LogP contribution in [0.4, 0.5) is 0 Å². The van der Waals surface area contributed by atoms with E-state index in [0.29, 0.717) is 0 Å². The minimum absolute atomic E-state index is 1.30. The Balaban J connectivity index is 5.21. The second-order valence-electron chi connectivity index (χ2n) is 12.2. The van der Waals surface area contributed by atoms with Gasteiger partial charge in [-0.25, -0.2) is 0 Å². The van der Waals surface area contributed by atoms with Crippen molar-refractivity contribution in [2.45, 2.75) is 200 Å². The van der Waals surface area contributed by atoms with Gasteiger partial charge in [-0.15, -0.1) is 0 Å². The number of hydrogen-bond acceptors (Lipinski definition) is 2. The van der Waals surface area contributed by atoms with Gasteiger partial charge in [-0.2, -0.15) is 0 Å². The molecule has 5 heteroatoms. The molecule has 0 saturated heterocycles. The predicted molar refractivity (Wildman–Crippen MR) is 181 cm³/mol. The first-order chi connectivity index (χ1) is 18.5. The second kappa shape index (κ2) is 29.1. The summed E-state index contributed by atoms with van der Waals surface area (Å²) in [6.45, 7) is 9.27. The van der Waals surface area contributed by atoms with Crippen molar-refractivity contribution >= 4 is 48.5 Å². The van der Waals surface area contributed by atoms with Gasteiger partial charge in [-0.05, 0) is 0 Å². The molecule has 0 spiro atoms. The average Bonchev–Trinajstić information content (AvgIpc) is 2.92. The van der Waals surface area contributed by atoms with Crippen molar-refractivity contribution in [3.8, 4) is 0 Å². The molecule has 0 radical (unpaired) electrons. The summed E-state index contributed by atoms with van der Waals surface area (Å²) >= 11 is -1.44. The Bertz CT molecular complexity index is 446. The van der Waals surface area contributed by atoms with Crippen molar-refractivity contribution in [2.75, 3.05) is 7.11 Å². The zero-order valence-corrected chi connectivity index (χ0v) is 34.3. The summed E-state index contributed by atoms with van der Waals surface area (Å²) in [6.07, 6.45) is 33.2. The van der Waals surface area contributed by atoms with Gasteiger partial charge < -0.3 is 0 Å². The van der Waals surface area contributed by atoms with E-state index in [-0.39, 0.29) is 0 Å². The molecular formula is C33H71BrO2Sn2. The third-order valence-electron chi connectivity index (χ3n) is 8.37. The maximum absolute atomic E-state index is 7.60. The summed E-state index contributed by atoms with van der Waals surface area (Å²) in [5.41, 5.74) is 0. The van der Waals surface area contributed by atoms with E-state index in [1.54, 1.807) is 0 Å². The van der Waals surface area contributed by atoms with Crippen LogP contribution in [0.2, 0.25) is 17.7 Å². The van der Waals surface area contributed by atoms with Gasteiger partial charge in [0.25, 0.3) is 0 Å². The fourth-order valence-electron chi connectivity index (χ4n) is 5.72. The maximum atomic E-state index is 7.60. The van der Waals surface area contributed by atoms with Crippen LogP contribution in [0, 0.1) is 0 Å². The van der Waals surface area contributed by atoms with Crippen LogP contribution in [0.3, 0.4) is 0 Å². The van der Waals surface area contributed by atoms with E-state index < -0.39 is 35.8 Å². The molecule has 0 unspecified atom stereocenters. The van der Waals surface area contributed by atoms with Crippen LogP contribution in [-0.4, -0.2) is 42.9 Å². The molecule has 0 aliphatic carbocycles. The summed E-state index contributed by atoms with van der Waals surface area (Å²) < 4.78 is 19.5. The Morgan fingerprint density at radius 1 is 0.395 bits per heavy atom. The quantitative estimate of drug-likeness (QED) is 0.0513. The molecule has 230 valence electrons. The van der Waals surface area contributed by atoms with E-state index in [4.69, 9.17) is 4.49 Å². The predicted octanol–water partition coefficient (Wildman–Crippen LogP) is 13.4. The van der Waals surface area contributed by atoms with E-state index in [0.717, 1.165) is 0 Å². The molecule has 0 atom stereocenters. The Morgan fingerprint density at radius 2 is 0.658 bits per heavy atom. The van der Waals surface area contributed by atoms with E-state index in [9.17, 15) is 0 Å². The third kappa shape index (κ3) is 23.5. The molecule has 0 amide bonds. The molecule has 0 heterocycles. The zero-order valence-electron chi connectivity index (χ0n) is 27.0. The van der Waals surface area contributed by atoms with Gasteiger partial charge >= 0.3 is 260 Å². The van der Waals surface area contributed by atoms with Crippen LogP contribution < -0.4 is 0 Å². The van der Waals surface area contributed by atoms with Crippen molar-refractivity contribution in [1.82, 2.24) is 0 Å². The molecule has 2 nitrogen and oxygen atoms in total. The Hall–Kier alpha value is 2.00. The topological polar surface area (TPSA) is 18.5 Å². The van der Waals surface area contributed by atoms with E-state index in [2.05, 4.69) is 40.4 Å². The molecule has 0 N–H and O–H groups in total.